The summed E-state index contributed by atoms with van der Waals surface area (Å²) in [6, 6.07) is 2.00. The Morgan fingerprint density at radius 3 is 2.25 bits per heavy atom. The predicted octanol–water partition coefficient (Wildman–Crippen LogP) is 3.84. The van der Waals surface area contributed by atoms with Crippen LogP contribution in [0.3, 0.4) is 0 Å². The molecule has 0 N–H and O–H groups in total. The number of hydrogen-bond donors (Lipinski definition) is 0. The fourth-order valence-corrected chi connectivity index (χ4v) is 2.10. The molecule has 0 atom stereocenters. The SMILES string of the molecule is COc1cc(C)c(Br)c(C)c1Br. The van der Waals surface area contributed by atoms with E-state index < -0.39 is 0 Å². The standard InChI is InChI=1S/C9H10Br2O/c1-5-4-7(12-3)9(11)6(2)8(5)10/h4H,1-3H3. The van der Waals surface area contributed by atoms with Crippen LogP contribution in [0.4, 0.5) is 0 Å². The van der Waals surface area contributed by atoms with Gasteiger partial charge in [0.2, 0.25) is 0 Å². The van der Waals surface area contributed by atoms with E-state index in [1.807, 2.05) is 19.9 Å². The lowest BCUT2D eigenvalue weighted by Crippen LogP contribution is -1.90. The molecule has 1 aromatic carbocycles. The highest BCUT2D eigenvalue weighted by molar-refractivity contribution is 9.11. The normalized spacial score (nSPS) is 10.1. The maximum Gasteiger partial charge on any atom is 0.133 e. The summed E-state index contributed by atoms with van der Waals surface area (Å²) < 4.78 is 7.34. The van der Waals surface area contributed by atoms with Gasteiger partial charge in [-0.05, 0) is 47.0 Å². The minimum absolute atomic E-state index is 0.883. The van der Waals surface area contributed by atoms with E-state index in [9.17, 15) is 0 Å². The molecule has 3 heteroatoms. The molecule has 0 bridgehead atoms. The Hall–Kier alpha value is -0.0200. The topological polar surface area (TPSA) is 9.23 Å². The van der Waals surface area contributed by atoms with Crippen molar-refractivity contribution >= 4 is 31.9 Å². The van der Waals surface area contributed by atoms with Crippen LogP contribution in [0.15, 0.2) is 15.0 Å². The number of methoxy groups -OCH3 is 1. The zero-order chi connectivity index (χ0) is 9.30. The summed E-state index contributed by atoms with van der Waals surface area (Å²) in [5.74, 6) is 0.883. The summed E-state index contributed by atoms with van der Waals surface area (Å²) in [6.07, 6.45) is 0. The second-order valence-corrected chi connectivity index (χ2v) is 4.23. The lowest BCUT2D eigenvalue weighted by molar-refractivity contribution is 0.411. The minimum Gasteiger partial charge on any atom is -0.496 e. The van der Waals surface area contributed by atoms with Gasteiger partial charge < -0.3 is 4.74 Å². The van der Waals surface area contributed by atoms with Gasteiger partial charge in [-0.3, -0.25) is 0 Å². The van der Waals surface area contributed by atoms with Crippen molar-refractivity contribution in [2.75, 3.05) is 7.11 Å². The average molecular weight is 294 g/mol. The van der Waals surface area contributed by atoms with Crippen LogP contribution in [0.25, 0.3) is 0 Å². The van der Waals surface area contributed by atoms with Gasteiger partial charge >= 0.3 is 0 Å². The van der Waals surface area contributed by atoms with Crippen molar-refractivity contribution in [2.45, 2.75) is 13.8 Å². The number of rotatable bonds is 1. The molecule has 0 radical (unpaired) electrons. The molecule has 0 heterocycles. The van der Waals surface area contributed by atoms with Crippen LogP contribution < -0.4 is 4.74 Å². The van der Waals surface area contributed by atoms with Gasteiger partial charge in [0.05, 0.1) is 11.6 Å². The maximum atomic E-state index is 5.19. The molecular formula is C9H10Br2O. The molecule has 1 rings (SSSR count). The van der Waals surface area contributed by atoms with Gasteiger partial charge in [0, 0.05) is 4.47 Å². The molecule has 66 valence electrons. The Morgan fingerprint density at radius 1 is 1.17 bits per heavy atom. The lowest BCUT2D eigenvalue weighted by Gasteiger charge is -2.10. The fraction of sp³-hybridized carbons (Fsp3) is 0.333. The smallest absolute Gasteiger partial charge is 0.133 e. The van der Waals surface area contributed by atoms with E-state index in [1.54, 1.807) is 7.11 Å². The number of halogens is 2. The second kappa shape index (κ2) is 3.79. The monoisotopic (exact) mass is 292 g/mol. The van der Waals surface area contributed by atoms with E-state index in [-0.39, 0.29) is 0 Å². The maximum absolute atomic E-state index is 5.19. The molecule has 0 aliphatic heterocycles. The van der Waals surface area contributed by atoms with Gasteiger partial charge in [-0.2, -0.15) is 0 Å². The van der Waals surface area contributed by atoms with Crippen molar-refractivity contribution in [2.24, 2.45) is 0 Å². The van der Waals surface area contributed by atoms with Crippen LogP contribution in [-0.4, -0.2) is 7.11 Å². The van der Waals surface area contributed by atoms with E-state index in [0.717, 1.165) is 14.7 Å². The van der Waals surface area contributed by atoms with Crippen molar-refractivity contribution in [3.8, 4) is 5.75 Å². The number of hydrogen-bond acceptors (Lipinski definition) is 1. The quantitative estimate of drug-likeness (QED) is 0.764. The Balaban J connectivity index is 3.39. The third kappa shape index (κ3) is 1.67. The molecule has 0 saturated heterocycles. The first-order valence-corrected chi connectivity index (χ1v) is 5.15. The van der Waals surface area contributed by atoms with E-state index in [2.05, 4.69) is 31.9 Å². The second-order valence-electron chi connectivity index (χ2n) is 2.65. The van der Waals surface area contributed by atoms with Crippen LogP contribution in [0.2, 0.25) is 0 Å². The van der Waals surface area contributed by atoms with Gasteiger partial charge in [0.15, 0.2) is 0 Å². The highest BCUT2D eigenvalue weighted by atomic mass is 79.9. The predicted molar refractivity (Wildman–Crippen MR) is 57.9 cm³/mol. The van der Waals surface area contributed by atoms with Crippen molar-refractivity contribution < 1.29 is 4.74 Å². The van der Waals surface area contributed by atoms with Crippen molar-refractivity contribution in [1.82, 2.24) is 0 Å². The molecule has 0 unspecified atom stereocenters. The summed E-state index contributed by atoms with van der Waals surface area (Å²) in [6.45, 7) is 4.09. The van der Waals surface area contributed by atoms with Crippen LogP contribution >= 0.6 is 31.9 Å². The molecule has 0 aliphatic rings. The largest absolute Gasteiger partial charge is 0.496 e. The molecule has 0 spiro atoms. The third-order valence-electron chi connectivity index (χ3n) is 1.79. The molecule has 0 fully saturated rings. The molecule has 0 aromatic heterocycles. The molecule has 0 amide bonds. The number of ether oxygens (including phenoxy) is 1. The summed E-state index contributed by atoms with van der Waals surface area (Å²) in [7, 11) is 1.67. The molecule has 12 heavy (non-hydrogen) atoms. The molecular weight excluding hydrogens is 284 g/mol. The Morgan fingerprint density at radius 2 is 1.75 bits per heavy atom. The van der Waals surface area contributed by atoms with Crippen LogP contribution in [-0.2, 0) is 0 Å². The number of benzene rings is 1. The molecule has 1 aromatic rings. The highest BCUT2D eigenvalue weighted by Crippen LogP contribution is 2.35. The zero-order valence-electron chi connectivity index (χ0n) is 7.24. The van der Waals surface area contributed by atoms with Crippen LogP contribution in [0.1, 0.15) is 11.1 Å². The van der Waals surface area contributed by atoms with E-state index >= 15 is 0 Å². The first kappa shape index (κ1) is 10.1. The van der Waals surface area contributed by atoms with E-state index in [1.165, 1.54) is 11.1 Å². The number of aryl methyl sites for hydroxylation is 1. The first-order valence-electron chi connectivity index (χ1n) is 3.57. The van der Waals surface area contributed by atoms with Gasteiger partial charge in [-0.25, -0.2) is 0 Å². The minimum atomic E-state index is 0.883. The summed E-state index contributed by atoms with van der Waals surface area (Å²) >= 11 is 6.98. The van der Waals surface area contributed by atoms with Gasteiger partial charge in [0.25, 0.3) is 0 Å². The summed E-state index contributed by atoms with van der Waals surface area (Å²) in [5.41, 5.74) is 2.36. The first-order chi connectivity index (χ1) is 5.57. The Labute approximate surface area is 89.4 Å². The van der Waals surface area contributed by atoms with Crippen LogP contribution in [0.5, 0.6) is 5.75 Å². The highest BCUT2D eigenvalue weighted by Gasteiger charge is 2.08. The zero-order valence-corrected chi connectivity index (χ0v) is 10.4. The fourth-order valence-electron chi connectivity index (χ4n) is 1.05. The third-order valence-corrected chi connectivity index (χ3v) is 3.99. The molecule has 0 aliphatic carbocycles. The Bertz CT molecular complexity index is 308. The van der Waals surface area contributed by atoms with Gasteiger partial charge in [0.1, 0.15) is 5.75 Å². The van der Waals surface area contributed by atoms with Gasteiger partial charge in [-0.15, -0.1) is 0 Å². The van der Waals surface area contributed by atoms with Crippen LogP contribution in [0, 0.1) is 13.8 Å². The van der Waals surface area contributed by atoms with Crippen molar-refractivity contribution in [3.63, 3.8) is 0 Å². The lowest BCUT2D eigenvalue weighted by atomic mass is 10.1. The van der Waals surface area contributed by atoms with E-state index in [4.69, 9.17) is 4.74 Å². The van der Waals surface area contributed by atoms with Crippen molar-refractivity contribution in [1.29, 1.82) is 0 Å². The van der Waals surface area contributed by atoms with E-state index in [0.29, 0.717) is 0 Å². The summed E-state index contributed by atoms with van der Waals surface area (Å²) in [4.78, 5) is 0. The average Bonchev–Trinajstić information content (AvgIpc) is 2.08. The molecule has 1 nitrogen and oxygen atoms in total. The summed E-state index contributed by atoms with van der Waals surface area (Å²) in [5, 5.41) is 0. The van der Waals surface area contributed by atoms with Gasteiger partial charge in [-0.1, -0.05) is 15.9 Å². The molecule has 0 saturated carbocycles. The van der Waals surface area contributed by atoms with Crippen molar-refractivity contribution in [3.05, 3.63) is 26.1 Å². The Kier molecular flexibility index (Phi) is 3.18.